The van der Waals surface area contributed by atoms with Crippen LogP contribution < -0.4 is 4.72 Å². The van der Waals surface area contributed by atoms with Crippen molar-refractivity contribution in [2.45, 2.75) is 11.4 Å². The molecule has 0 amide bonds. The molecule has 3 heterocycles. The third-order valence-corrected chi connectivity index (χ3v) is 5.62. The van der Waals surface area contributed by atoms with Gasteiger partial charge in [-0.3, -0.25) is 14.6 Å². The Bertz CT molecular complexity index is 1210. The lowest BCUT2D eigenvalue weighted by Gasteiger charge is -2.09. The van der Waals surface area contributed by atoms with E-state index in [1.165, 1.54) is 0 Å². The smallest absolute Gasteiger partial charge is 0.243 e. The Balaban J connectivity index is 1.59. The second kappa shape index (κ2) is 6.90. The Morgan fingerprint density at radius 2 is 1.93 bits per heavy atom. The average Bonchev–Trinajstić information content (AvgIpc) is 3.13. The van der Waals surface area contributed by atoms with E-state index >= 15 is 0 Å². The van der Waals surface area contributed by atoms with E-state index in [-0.39, 0.29) is 11.4 Å². The standard InChI is InChI=1S/C19H17N5O2S/c1-24-13-17(12-22-24)16-8-14(9-20-11-16)10-23-27(25,26)18-6-2-4-15-5-3-7-21-19(15)18/h2-9,11-13,23H,10H2,1H3. The van der Waals surface area contributed by atoms with E-state index in [9.17, 15) is 8.42 Å². The summed E-state index contributed by atoms with van der Waals surface area (Å²) in [5, 5.41) is 4.93. The summed E-state index contributed by atoms with van der Waals surface area (Å²) in [5.74, 6) is 0. The number of para-hydroxylation sites is 1. The molecular weight excluding hydrogens is 362 g/mol. The average molecular weight is 379 g/mol. The first-order chi connectivity index (χ1) is 13.0. The summed E-state index contributed by atoms with van der Waals surface area (Å²) < 4.78 is 29.9. The summed E-state index contributed by atoms with van der Waals surface area (Å²) in [6.45, 7) is 0.132. The number of benzene rings is 1. The lowest BCUT2D eigenvalue weighted by atomic mass is 10.1. The maximum atomic E-state index is 12.8. The molecule has 0 saturated heterocycles. The van der Waals surface area contributed by atoms with Crippen molar-refractivity contribution in [3.63, 3.8) is 0 Å². The highest BCUT2D eigenvalue weighted by atomic mass is 32.2. The highest BCUT2D eigenvalue weighted by Crippen LogP contribution is 2.21. The zero-order valence-electron chi connectivity index (χ0n) is 14.6. The zero-order valence-corrected chi connectivity index (χ0v) is 15.4. The molecule has 0 aliphatic rings. The number of hydrogen-bond donors (Lipinski definition) is 1. The second-order valence-corrected chi connectivity index (χ2v) is 7.88. The molecule has 7 nitrogen and oxygen atoms in total. The molecule has 0 aliphatic carbocycles. The Labute approximate surface area is 156 Å². The monoisotopic (exact) mass is 379 g/mol. The van der Waals surface area contributed by atoms with Crippen molar-refractivity contribution in [2.24, 2.45) is 7.05 Å². The minimum absolute atomic E-state index is 0.132. The molecule has 4 aromatic rings. The van der Waals surface area contributed by atoms with E-state index < -0.39 is 10.0 Å². The number of rotatable bonds is 5. The zero-order chi connectivity index (χ0) is 18.9. The lowest BCUT2D eigenvalue weighted by Crippen LogP contribution is -2.23. The quantitative estimate of drug-likeness (QED) is 0.575. The van der Waals surface area contributed by atoms with E-state index in [0.717, 1.165) is 22.1 Å². The Morgan fingerprint density at radius 3 is 2.74 bits per heavy atom. The minimum Gasteiger partial charge on any atom is -0.275 e. The highest BCUT2D eigenvalue weighted by molar-refractivity contribution is 7.89. The number of hydrogen-bond acceptors (Lipinski definition) is 5. The van der Waals surface area contributed by atoms with E-state index in [1.807, 2.05) is 31.4 Å². The molecular formula is C19H17N5O2S. The third kappa shape index (κ3) is 3.57. The lowest BCUT2D eigenvalue weighted by molar-refractivity contribution is 0.582. The minimum atomic E-state index is -3.72. The summed E-state index contributed by atoms with van der Waals surface area (Å²) in [7, 11) is -1.87. The van der Waals surface area contributed by atoms with Crippen LogP contribution in [0.2, 0.25) is 0 Å². The summed E-state index contributed by atoms with van der Waals surface area (Å²) in [4.78, 5) is 8.59. The number of aromatic nitrogens is 4. The number of fused-ring (bicyclic) bond motifs is 1. The largest absolute Gasteiger partial charge is 0.275 e. The maximum absolute atomic E-state index is 12.8. The molecule has 0 radical (unpaired) electrons. The number of sulfonamides is 1. The van der Waals surface area contributed by atoms with Gasteiger partial charge in [0.25, 0.3) is 0 Å². The topological polar surface area (TPSA) is 89.8 Å². The highest BCUT2D eigenvalue weighted by Gasteiger charge is 2.18. The van der Waals surface area contributed by atoms with Crippen molar-refractivity contribution in [2.75, 3.05) is 0 Å². The molecule has 0 atom stereocenters. The van der Waals surface area contributed by atoms with E-state index in [2.05, 4.69) is 19.8 Å². The summed E-state index contributed by atoms with van der Waals surface area (Å²) in [5.41, 5.74) is 3.02. The van der Waals surface area contributed by atoms with Gasteiger partial charge in [0.2, 0.25) is 10.0 Å². The van der Waals surface area contributed by atoms with Crippen LogP contribution in [-0.4, -0.2) is 28.2 Å². The molecule has 1 aromatic carbocycles. The van der Waals surface area contributed by atoms with Crippen LogP contribution in [0.5, 0.6) is 0 Å². The van der Waals surface area contributed by atoms with Crippen molar-refractivity contribution < 1.29 is 8.42 Å². The fourth-order valence-electron chi connectivity index (χ4n) is 2.86. The van der Waals surface area contributed by atoms with Crippen molar-refractivity contribution in [3.8, 4) is 11.1 Å². The fourth-order valence-corrected chi connectivity index (χ4v) is 4.06. The van der Waals surface area contributed by atoms with Gasteiger partial charge in [-0.05, 0) is 23.8 Å². The molecule has 0 aliphatic heterocycles. The molecule has 8 heteroatoms. The van der Waals surface area contributed by atoms with Gasteiger partial charge in [-0.15, -0.1) is 0 Å². The van der Waals surface area contributed by atoms with Crippen molar-refractivity contribution in [1.82, 2.24) is 24.5 Å². The van der Waals surface area contributed by atoms with Crippen LogP contribution in [0, 0.1) is 0 Å². The van der Waals surface area contributed by atoms with Crippen LogP contribution in [0.25, 0.3) is 22.0 Å². The SMILES string of the molecule is Cn1cc(-c2cncc(CNS(=O)(=O)c3cccc4cccnc34)c2)cn1. The normalized spacial score (nSPS) is 11.7. The van der Waals surface area contributed by atoms with E-state index in [1.54, 1.807) is 47.7 Å². The van der Waals surface area contributed by atoms with Gasteiger partial charge in [0.15, 0.2) is 0 Å². The van der Waals surface area contributed by atoms with Crippen LogP contribution in [0.3, 0.4) is 0 Å². The Morgan fingerprint density at radius 1 is 1.07 bits per heavy atom. The summed E-state index contributed by atoms with van der Waals surface area (Å²) >= 11 is 0. The number of pyridine rings is 2. The predicted molar refractivity (Wildman–Crippen MR) is 102 cm³/mol. The second-order valence-electron chi connectivity index (χ2n) is 6.14. The Kier molecular flexibility index (Phi) is 4.43. The van der Waals surface area contributed by atoms with Crippen LogP contribution in [0.4, 0.5) is 0 Å². The Hall–Kier alpha value is -3.10. The van der Waals surface area contributed by atoms with Crippen molar-refractivity contribution in [1.29, 1.82) is 0 Å². The van der Waals surface area contributed by atoms with Crippen LogP contribution >= 0.6 is 0 Å². The molecule has 4 rings (SSSR count). The fraction of sp³-hybridized carbons (Fsp3) is 0.105. The number of nitrogens with one attached hydrogen (secondary N) is 1. The van der Waals surface area contributed by atoms with Gasteiger partial charge in [0, 0.05) is 54.9 Å². The van der Waals surface area contributed by atoms with Crippen LogP contribution in [0.15, 0.2) is 72.3 Å². The molecule has 1 N–H and O–H groups in total. The van der Waals surface area contributed by atoms with E-state index in [4.69, 9.17) is 0 Å². The number of nitrogens with zero attached hydrogens (tertiary/aromatic N) is 4. The van der Waals surface area contributed by atoms with Crippen molar-refractivity contribution >= 4 is 20.9 Å². The van der Waals surface area contributed by atoms with Crippen LogP contribution in [-0.2, 0) is 23.6 Å². The molecule has 27 heavy (non-hydrogen) atoms. The van der Waals surface area contributed by atoms with E-state index in [0.29, 0.717) is 5.52 Å². The van der Waals surface area contributed by atoms with Gasteiger partial charge in [-0.1, -0.05) is 18.2 Å². The van der Waals surface area contributed by atoms with Gasteiger partial charge in [0.1, 0.15) is 4.90 Å². The van der Waals surface area contributed by atoms with Gasteiger partial charge in [0.05, 0.1) is 11.7 Å². The first-order valence-electron chi connectivity index (χ1n) is 8.29. The molecule has 0 bridgehead atoms. The predicted octanol–water partition coefficient (Wildman–Crippen LogP) is 2.51. The maximum Gasteiger partial charge on any atom is 0.243 e. The first kappa shape index (κ1) is 17.3. The summed E-state index contributed by atoms with van der Waals surface area (Å²) in [6, 6.07) is 10.6. The van der Waals surface area contributed by atoms with Crippen molar-refractivity contribution in [3.05, 3.63) is 72.9 Å². The molecule has 0 spiro atoms. The van der Waals surface area contributed by atoms with Crippen LogP contribution in [0.1, 0.15) is 5.56 Å². The van der Waals surface area contributed by atoms with Gasteiger partial charge in [-0.2, -0.15) is 5.10 Å². The molecule has 0 unspecified atom stereocenters. The molecule has 3 aromatic heterocycles. The molecule has 136 valence electrons. The third-order valence-electron chi connectivity index (χ3n) is 4.18. The first-order valence-corrected chi connectivity index (χ1v) is 9.78. The molecule has 0 saturated carbocycles. The van der Waals surface area contributed by atoms with Gasteiger partial charge >= 0.3 is 0 Å². The number of aryl methyl sites for hydroxylation is 1. The van der Waals surface area contributed by atoms with Gasteiger partial charge in [-0.25, -0.2) is 13.1 Å². The molecule has 0 fully saturated rings. The van der Waals surface area contributed by atoms with Gasteiger partial charge < -0.3 is 0 Å². The summed E-state index contributed by atoms with van der Waals surface area (Å²) in [6.07, 6.45) is 8.58.